The summed E-state index contributed by atoms with van der Waals surface area (Å²) in [6.07, 6.45) is 3.23. The van der Waals surface area contributed by atoms with Crippen LogP contribution in [0.4, 0.5) is 0 Å². The van der Waals surface area contributed by atoms with Gasteiger partial charge in [0.2, 0.25) is 5.91 Å². The number of nitrogens with two attached hydrogens (primary N) is 1. The molecule has 0 spiro atoms. The average molecular weight is 190 g/mol. The molecule has 0 fully saturated rings. The van der Waals surface area contributed by atoms with Gasteiger partial charge in [0.1, 0.15) is 5.75 Å². The molecule has 0 aliphatic rings. The van der Waals surface area contributed by atoms with Gasteiger partial charge in [-0.1, -0.05) is 11.8 Å². The highest BCUT2D eigenvalue weighted by Gasteiger charge is 1.97. The lowest BCUT2D eigenvalue weighted by Crippen LogP contribution is -2.08. The molecule has 0 aliphatic carbocycles. The number of carbonyl (C=O) groups excluding carboxylic acids is 1. The number of primary amides is 1. The van der Waals surface area contributed by atoms with Crippen LogP contribution < -0.4 is 10.5 Å². The van der Waals surface area contributed by atoms with Crippen LogP contribution in [0, 0.1) is 11.8 Å². The molecule has 1 aromatic heterocycles. The third-order valence-electron chi connectivity index (χ3n) is 1.49. The summed E-state index contributed by atoms with van der Waals surface area (Å²) in [6, 6.07) is 1.70. The van der Waals surface area contributed by atoms with E-state index in [1.807, 2.05) is 0 Å². The second-order valence-electron chi connectivity index (χ2n) is 2.52. The summed E-state index contributed by atoms with van der Waals surface area (Å²) >= 11 is 0. The molecule has 0 aromatic carbocycles. The average Bonchev–Trinajstić information content (AvgIpc) is 2.18. The molecule has 1 heterocycles. The van der Waals surface area contributed by atoms with Crippen molar-refractivity contribution in [1.29, 1.82) is 0 Å². The van der Waals surface area contributed by atoms with Crippen molar-refractivity contribution < 1.29 is 9.53 Å². The van der Waals surface area contributed by atoms with Crippen molar-refractivity contribution in [1.82, 2.24) is 4.98 Å². The highest BCUT2D eigenvalue weighted by atomic mass is 16.5. The van der Waals surface area contributed by atoms with Gasteiger partial charge in [0.05, 0.1) is 19.1 Å². The molecule has 1 rings (SSSR count). The van der Waals surface area contributed by atoms with Crippen LogP contribution >= 0.6 is 0 Å². The van der Waals surface area contributed by atoms with E-state index in [-0.39, 0.29) is 6.42 Å². The van der Waals surface area contributed by atoms with Gasteiger partial charge in [-0.05, 0) is 6.07 Å². The van der Waals surface area contributed by atoms with Crippen molar-refractivity contribution in [2.45, 2.75) is 6.42 Å². The number of carbonyl (C=O) groups is 1. The number of pyridine rings is 1. The molecule has 0 saturated heterocycles. The molecule has 4 heteroatoms. The molecule has 0 saturated carbocycles. The van der Waals surface area contributed by atoms with Crippen LogP contribution in [0.15, 0.2) is 18.5 Å². The van der Waals surface area contributed by atoms with E-state index < -0.39 is 5.91 Å². The lowest BCUT2D eigenvalue weighted by atomic mass is 10.2. The minimum absolute atomic E-state index is 0.0397. The number of nitrogens with zero attached hydrogens (tertiary/aromatic N) is 1. The lowest BCUT2D eigenvalue weighted by molar-refractivity contribution is -0.117. The Bertz CT molecular complexity index is 391. The zero-order valence-corrected chi connectivity index (χ0v) is 7.78. The number of hydrogen-bond acceptors (Lipinski definition) is 3. The molecule has 14 heavy (non-hydrogen) atoms. The van der Waals surface area contributed by atoms with Gasteiger partial charge in [-0.2, -0.15) is 0 Å². The quantitative estimate of drug-likeness (QED) is 0.683. The van der Waals surface area contributed by atoms with Gasteiger partial charge in [0, 0.05) is 12.4 Å². The van der Waals surface area contributed by atoms with Crippen molar-refractivity contribution in [3.8, 4) is 17.6 Å². The van der Waals surface area contributed by atoms with Crippen LogP contribution in [0.3, 0.4) is 0 Å². The number of rotatable bonds is 2. The molecular formula is C10H10N2O2. The van der Waals surface area contributed by atoms with Crippen LogP contribution in [-0.4, -0.2) is 18.0 Å². The van der Waals surface area contributed by atoms with Crippen molar-refractivity contribution in [2.24, 2.45) is 5.73 Å². The summed E-state index contributed by atoms with van der Waals surface area (Å²) in [5.74, 6) is 5.58. The molecule has 0 unspecified atom stereocenters. The summed E-state index contributed by atoms with van der Waals surface area (Å²) in [4.78, 5) is 14.3. The van der Waals surface area contributed by atoms with Crippen molar-refractivity contribution in [3.63, 3.8) is 0 Å². The fourth-order valence-corrected chi connectivity index (χ4v) is 0.880. The largest absolute Gasteiger partial charge is 0.495 e. The maximum absolute atomic E-state index is 10.4. The van der Waals surface area contributed by atoms with E-state index in [2.05, 4.69) is 16.8 Å². The Balaban J connectivity index is 2.83. The van der Waals surface area contributed by atoms with Gasteiger partial charge in [-0.25, -0.2) is 0 Å². The van der Waals surface area contributed by atoms with E-state index in [9.17, 15) is 4.79 Å². The maximum atomic E-state index is 10.4. The van der Waals surface area contributed by atoms with Crippen LogP contribution in [-0.2, 0) is 4.79 Å². The minimum atomic E-state index is -0.444. The molecule has 0 aliphatic heterocycles. The zero-order valence-electron chi connectivity index (χ0n) is 7.78. The fraction of sp³-hybridized carbons (Fsp3) is 0.200. The number of ether oxygens (including phenoxy) is 1. The summed E-state index contributed by atoms with van der Waals surface area (Å²) in [7, 11) is 1.55. The SMILES string of the molecule is COc1ccncc1C#CCC(N)=O. The fourth-order valence-electron chi connectivity index (χ4n) is 0.880. The Morgan fingerprint density at radius 2 is 2.50 bits per heavy atom. The Morgan fingerprint density at radius 3 is 3.14 bits per heavy atom. The number of hydrogen-bond donors (Lipinski definition) is 1. The lowest BCUT2D eigenvalue weighted by Gasteiger charge is -1.99. The minimum Gasteiger partial charge on any atom is -0.495 e. The first-order valence-corrected chi connectivity index (χ1v) is 3.99. The monoisotopic (exact) mass is 190 g/mol. The molecule has 0 radical (unpaired) electrons. The standard InChI is InChI=1S/C10H10N2O2/c1-14-9-5-6-12-7-8(9)3-2-4-10(11)13/h5-7H,4H2,1H3,(H2,11,13). The Labute approximate surface area is 82.1 Å². The summed E-state index contributed by atoms with van der Waals surface area (Å²) in [5.41, 5.74) is 5.59. The molecule has 1 amide bonds. The third-order valence-corrected chi connectivity index (χ3v) is 1.49. The Morgan fingerprint density at radius 1 is 1.71 bits per heavy atom. The van der Waals surface area contributed by atoms with E-state index in [0.29, 0.717) is 11.3 Å². The number of aromatic nitrogens is 1. The van der Waals surface area contributed by atoms with Crippen LogP contribution in [0.2, 0.25) is 0 Å². The van der Waals surface area contributed by atoms with Crippen LogP contribution in [0.5, 0.6) is 5.75 Å². The first-order chi connectivity index (χ1) is 6.74. The van der Waals surface area contributed by atoms with Crippen molar-refractivity contribution in [3.05, 3.63) is 24.0 Å². The van der Waals surface area contributed by atoms with Crippen molar-refractivity contribution >= 4 is 5.91 Å². The van der Waals surface area contributed by atoms with E-state index >= 15 is 0 Å². The molecule has 4 nitrogen and oxygen atoms in total. The number of methoxy groups -OCH3 is 1. The predicted molar refractivity (Wildman–Crippen MR) is 51.5 cm³/mol. The molecule has 0 bridgehead atoms. The summed E-state index contributed by atoms with van der Waals surface area (Å²) < 4.78 is 5.04. The van der Waals surface area contributed by atoms with Gasteiger partial charge in [-0.3, -0.25) is 9.78 Å². The maximum Gasteiger partial charge on any atom is 0.229 e. The van der Waals surface area contributed by atoms with Crippen LogP contribution in [0.25, 0.3) is 0 Å². The molecule has 0 atom stereocenters. The highest BCUT2D eigenvalue weighted by molar-refractivity contribution is 5.76. The Kier molecular flexibility index (Phi) is 3.50. The highest BCUT2D eigenvalue weighted by Crippen LogP contribution is 2.13. The van der Waals surface area contributed by atoms with Gasteiger partial charge >= 0.3 is 0 Å². The van der Waals surface area contributed by atoms with E-state index in [0.717, 1.165) is 0 Å². The van der Waals surface area contributed by atoms with Gasteiger partial charge in [-0.15, -0.1) is 0 Å². The summed E-state index contributed by atoms with van der Waals surface area (Å²) in [5, 5.41) is 0. The van der Waals surface area contributed by atoms with E-state index in [1.165, 1.54) is 0 Å². The zero-order chi connectivity index (χ0) is 10.4. The van der Waals surface area contributed by atoms with Crippen molar-refractivity contribution in [2.75, 3.05) is 7.11 Å². The van der Waals surface area contributed by atoms with Gasteiger partial charge < -0.3 is 10.5 Å². The second kappa shape index (κ2) is 4.87. The number of amides is 1. The molecular weight excluding hydrogens is 180 g/mol. The van der Waals surface area contributed by atoms with Crippen LogP contribution in [0.1, 0.15) is 12.0 Å². The van der Waals surface area contributed by atoms with Gasteiger partial charge in [0.25, 0.3) is 0 Å². The predicted octanol–water partition coefficient (Wildman–Crippen LogP) is 0.317. The normalized spacial score (nSPS) is 8.64. The van der Waals surface area contributed by atoms with E-state index in [4.69, 9.17) is 10.5 Å². The Hall–Kier alpha value is -2.02. The first-order valence-electron chi connectivity index (χ1n) is 3.99. The van der Waals surface area contributed by atoms with E-state index in [1.54, 1.807) is 25.6 Å². The van der Waals surface area contributed by atoms with Gasteiger partial charge in [0.15, 0.2) is 0 Å². The molecule has 1 aromatic rings. The first kappa shape index (κ1) is 10.1. The second-order valence-corrected chi connectivity index (χ2v) is 2.52. The summed E-state index contributed by atoms with van der Waals surface area (Å²) in [6.45, 7) is 0. The third kappa shape index (κ3) is 2.79. The molecule has 2 N–H and O–H groups in total. The smallest absolute Gasteiger partial charge is 0.229 e. The topological polar surface area (TPSA) is 65.2 Å². The molecule has 72 valence electrons.